The summed E-state index contributed by atoms with van der Waals surface area (Å²) < 4.78 is 12.9. The zero-order valence-electron chi connectivity index (χ0n) is 20.7. The average molecular weight is 533 g/mol. The first-order valence-electron chi connectivity index (χ1n) is 11.9. The van der Waals surface area contributed by atoms with Crippen LogP contribution < -0.4 is 9.64 Å². The van der Waals surface area contributed by atoms with Gasteiger partial charge in [-0.3, -0.25) is 0 Å². The maximum absolute atomic E-state index is 12.9. The van der Waals surface area contributed by atoms with Crippen LogP contribution in [0, 0.1) is 6.92 Å². The Bertz CT molecular complexity index is 1570. The van der Waals surface area contributed by atoms with E-state index in [4.69, 9.17) is 9.47 Å². The minimum Gasteiger partial charge on any atom is -0.494 e. The lowest BCUT2D eigenvalue weighted by Gasteiger charge is -2.34. The van der Waals surface area contributed by atoms with E-state index in [1.165, 1.54) is 0 Å². The topological polar surface area (TPSA) is 140 Å². The SMILES string of the molecule is COc1cnc(-c2cnc(C)s2)c2[nH]cc(COC(=O)N3CCN(c4nnnn4-c4ccccn4)CC3)c12. The number of thiazole rings is 1. The molecule has 6 rings (SSSR count). The highest BCUT2D eigenvalue weighted by Gasteiger charge is 2.26. The number of amides is 1. The molecular formula is C24H24N10O3S. The highest BCUT2D eigenvalue weighted by atomic mass is 32.1. The Morgan fingerprint density at radius 2 is 2.00 bits per heavy atom. The summed E-state index contributed by atoms with van der Waals surface area (Å²) in [6.07, 6.45) is 6.63. The van der Waals surface area contributed by atoms with Gasteiger partial charge in [-0.2, -0.15) is 4.68 Å². The number of nitrogens with zero attached hydrogens (tertiary/aromatic N) is 9. The summed E-state index contributed by atoms with van der Waals surface area (Å²) in [6.45, 7) is 4.13. The zero-order chi connectivity index (χ0) is 26.1. The van der Waals surface area contributed by atoms with Gasteiger partial charge in [0.1, 0.15) is 18.1 Å². The largest absolute Gasteiger partial charge is 0.494 e. The number of tetrazole rings is 1. The van der Waals surface area contributed by atoms with Gasteiger partial charge in [0.2, 0.25) is 0 Å². The quantitative estimate of drug-likeness (QED) is 0.347. The van der Waals surface area contributed by atoms with E-state index in [0.717, 1.165) is 32.0 Å². The van der Waals surface area contributed by atoms with Crippen molar-refractivity contribution in [3.8, 4) is 22.1 Å². The number of nitrogens with one attached hydrogen (secondary N) is 1. The van der Waals surface area contributed by atoms with Crippen LogP contribution in [-0.4, -0.2) is 84.4 Å². The number of hydrogen-bond acceptors (Lipinski definition) is 11. The number of carbonyl (C=O) groups excluding carboxylic acids is 1. The number of piperazine rings is 1. The van der Waals surface area contributed by atoms with Gasteiger partial charge in [-0.25, -0.2) is 19.7 Å². The average Bonchev–Trinajstić information content (AvgIpc) is 3.72. The summed E-state index contributed by atoms with van der Waals surface area (Å²) in [5.41, 5.74) is 2.41. The number of aromatic amines is 1. The van der Waals surface area contributed by atoms with Crippen LogP contribution >= 0.6 is 11.3 Å². The van der Waals surface area contributed by atoms with Gasteiger partial charge in [0.25, 0.3) is 5.95 Å². The Morgan fingerprint density at radius 3 is 2.74 bits per heavy atom. The third-order valence-corrected chi connectivity index (χ3v) is 7.24. The standard InChI is InChI=1S/C24H24N10O3S/c1-15-26-13-18(38-15)21-22-20(17(36-2)12-28-21)16(11-27-22)14-37-24(35)33-9-7-32(8-10-33)23-29-30-31-34(23)19-5-3-4-6-25-19/h3-6,11-13,27H,7-10,14H2,1-2H3. The van der Waals surface area contributed by atoms with E-state index in [1.807, 2.05) is 42.4 Å². The van der Waals surface area contributed by atoms with E-state index in [9.17, 15) is 4.79 Å². The molecule has 0 bridgehead atoms. The van der Waals surface area contributed by atoms with Gasteiger partial charge in [0.05, 0.1) is 34.1 Å². The van der Waals surface area contributed by atoms with E-state index in [-0.39, 0.29) is 12.7 Å². The van der Waals surface area contributed by atoms with Crippen LogP contribution in [0.15, 0.2) is 43.0 Å². The van der Waals surface area contributed by atoms with Crippen molar-refractivity contribution in [1.82, 2.24) is 45.0 Å². The van der Waals surface area contributed by atoms with Crippen molar-refractivity contribution in [2.24, 2.45) is 0 Å². The van der Waals surface area contributed by atoms with Crippen molar-refractivity contribution in [2.45, 2.75) is 13.5 Å². The van der Waals surface area contributed by atoms with Crippen LogP contribution in [0.4, 0.5) is 10.7 Å². The normalized spacial score (nSPS) is 13.7. The Kier molecular flexibility index (Phi) is 6.29. The Balaban J connectivity index is 1.13. The van der Waals surface area contributed by atoms with E-state index in [1.54, 1.807) is 40.4 Å². The summed E-state index contributed by atoms with van der Waals surface area (Å²) in [7, 11) is 1.60. The minimum atomic E-state index is -0.380. The number of rotatable bonds is 6. The van der Waals surface area contributed by atoms with Gasteiger partial charge in [0.15, 0.2) is 5.82 Å². The summed E-state index contributed by atoms with van der Waals surface area (Å²) in [6, 6.07) is 5.55. The molecule has 0 unspecified atom stereocenters. The number of aryl methyl sites for hydroxylation is 1. The maximum Gasteiger partial charge on any atom is 0.410 e. The van der Waals surface area contributed by atoms with Crippen LogP contribution in [0.5, 0.6) is 5.75 Å². The number of pyridine rings is 2. The van der Waals surface area contributed by atoms with E-state index >= 15 is 0 Å². The molecule has 0 aliphatic carbocycles. The molecule has 1 amide bonds. The van der Waals surface area contributed by atoms with Crippen LogP contribution in [0.25, 0.3) is 27.3 Å². The fourth-order valence-electron chi connectivity index (χ4n) is 4.44. The second-order valence-corrected chi connectivity index (χ2v) is 9.82. The lowest BCUT2D eigenvalue weighted by molar-refractivity contribution is 0.0943. The number of aromatic nitrogens is 8. The predicted octanol–water partition coefficient (Wildman–Crippen LogP) is 2.83. The number of hydrogen-bond donors (Lipinski definition) is 1. The van der Waals surface area contributed by atoms with Gasteiger partial charge in [-0.1, -0.05) is 11.2 Å². The van der Waals surface area contributed by atoms with Crippen molar-refractivity contribution < 1.29 is 14.3 Å². The molecule has 0 atom stereocenters. The van der Waals surface area contributed by atoms with Crippen molar-refractivity contribution in [3.63, 3.8) is 0 Å². The van der Waals surface area contributed by atoms with Crippen molar-refractivity contribution >= 4 is 34.3 Å². The molecule has 0 aromatic carbocycles. The van der Waals surface area contributed by atoms with Gasteiger partial charge in [0, 0.05) is 50.3 Å². The van der Waals surface area contributed by atoms with Gasteiger partial charge < -0.3 is 24.3 Å². The van der Waals surface area contributed by atoms with Crippen molar-refractivity contribution in [2.75, 3.05) is 38.2 Å². The second-order valence-electron chi connectivity index (χ2n) is 8.59. The molecule has 38 heavy (non-hydrogen) atoms. The monoisotopic (exact) mass is 532 g/mol. The molecule has 1 aliphatic rings. The molecule has 194 valence electrons. The molecule has 6 heterocycles. The summed E-state index contributed by atoms with van der Waals surface area (Å²) in [4.78, 5) is 34.1. The van der Waals surface area contributed by atoms with Gasteiger partial charge in [-0.15, -0.1) is 11.3 Å². The number of ether oxygens (including phenoxy) is 2. The molecule has 0 saturated carbocycles. The number of methoxy groups -OCH3 is 1. The molecular weight excluding hydrogens is 508 g/mol. The lowest BCUT2D eigenvalue weighted by atomic mass is 10.1. The highest BCUT2D eigenvalue weighted by molar-refractivity contribution is 7.15. The maximum atomic E-state index is 12.9. The first-order valence-corrected chi connectivity index (χ1v) is 12.8. The summed E-state index contributed by atoms with van der Waals surface area (Å²) in [5.74, 6) is 1.83. The zero-order valence-corrected chi connectivity index (χ0v) is 21.6. The van der Waals surface area contributed by atoms with Crippen LogP contribution in [0.1, 0.15) is 10.6 Å². The second kappa shape index (κ2) is 10.0. The third-order valence-electron chi connectivity index (χ3n) is 6.32. The Morgan fingerprint density at radius 1 is 1.13 bits per heavy atom. The van der Waals surface area contributed by atoms with Gasteiger partial charge in [-0.05, 0) is 29.5 Å². The molecule has 1 N–H and O–H groups in total. The third kappa shape index (κ3) is 4.38. The molecule has 1 aliphatic heterocycles. The summed E-state index contributed by atoms with van der Waals surface area (Å²) in [5, 5.41) is 13.8. The number of fused-ring (bicyclic) bond motifs is 1. The van der Waals surface area contributed by atoms with E-state index in [0.29, 0.717) is 43.7 Å². The lowest BCUT2D eigenvalue weighted by Crippen LogP contribution is -2.49. The van der Waals surface area contributed by atoms with E-state index in [2.05, 4.69) is 35.5 Å². The van der Waals surface area contributed by atoms with Crippen molar-refractivity contribution in [3.05, 3.63) is 53.6 Å². The van der Waals surface area contributed by atoms with Gasteiger partial charge >= 0.3 is 6.09 Å². The highest BCUT2D eigenvalue weighted by Crippen LogP contribution is 2.36. The molecule has 1 fully saturated rings. The van der Waals surface area contributed by atoms with Crippen LogP contribution in [0.2, 0.25) is 0 Å². The molecule has 14 heteroatoms. The molecule has 0 spiro atoms. The molecule has 5 aromatic rings. The van der Waals surface area contributed by atoms with Crippen LogP contribution in [-0.2, 0) is 11.3 Å². The predicted molar refractivity (Wildman–Crippen MR) is 139 cm³/mol. The van der Waals surface area contributed by atoms with Crippen molar-refractivity contribution in [1.29, 1.82) is 0 Å². The molecule has 1 saturated heterocycles. The number of anilines is 1. The Hall–Kier alpha value is -4.59. The molecule has 13 nitrogen and oxygen atoms in total. The fourth-order valence-corrected chi connectivity index (χ4v) is 5.22. The number of carbonyl (C=O) groups is 1. The first-order chi connectivity index (χ1) is 18.6. The van der Waals surface area contributed by atoms with E-state index < -0.39 is 0 Å². The van der Waals surface area contributed by atoms with Crippen LogP contribution in [0.3, 0.4) is 0 Å². The summed E-state index contributed by atoms with van der Waals surface area (Å²) >= 11 is 1.57. The Labute approximate surface area is 221 Å². The minimum absolute atomic E-state index is 0.0957. The number of H-pyrrole nitrogens is 1. The fraction of sp³-hybridized carbons (Fsp3) is 0.292. The molecule has 0 radical (unpaired) electrons. The first kappa shape index (κ1) is 23.8. The smallest absolute Gasteiger partial charge is 0.410 e. The molecule has 5 aromatic heterocycles.